The van der Waals surface area contributed by atoms with Gasteiger partial charge in [0.15, 0.2) is 0 Å². The zero-order chi connectivity index (χ0) is 7.40. The van der Waals surface area contributed by atoms with Crippen molar-refractivity contribution in [2.45, 2.75) is 12.7 Å². The second-order valence-corrected chi connectivity index (χ2v) is 3.11. The van der Waals surface area contributed by atoms with E-state index < -0.39 is 0 Å². The predicted octanol–water partition coefficient (Wildman–Crippen LogP) is 2.25. The summed E-state index contributed by atoms with van der Waals surface area (Å²) >= 11 is 1.82. The number of hydrogen-bond acceptors (Lipinski definition) is 2. The van der Waals surface area contributed by atoms with E-state index in [1.165, 1.54) is 5.56 Å². The Labute approximate surface area is 65.9 Å². The largest absolute Gasteiger partial charge is 0.261 e. The molecule has 0 radical (unpaired) electrons. The fraction of sp³-hybridized carbons (Fsp3) is 0.375. The standard InChI is InChI=1S/C8H11NS/c1-7-3-4-8(5-9-7)6-10-2/h3-5H,6H2,1-2H3. The van der Waals surface area contributed by atoms with Gasteiger partial charge >= 0.3 is 0 Å². The van der Waals surface area contributed by atoms with E-state index in [1.54, 1.807) is 0 Å². The van der Waals surface area contributed by atoms with E-state index in [4.69, 9.17) is 0 Å². The van der Waals surface area contributed by atoms with E-state index in [9.17, 15) is 0 Å². The number of pyridine rings is 1. The molecule has 0 aliphatic heterocycles. The van der Waals surface area contributed by atoms with Crippen molar-refractivity contribution in [2.24, 2.45) is 0 Å². The number of aromatic nitrogens is 1. The monoisotopic (exact) mass is 153 g/mol. The molecule has 1 nitrogen and oxygen atoms in total. The third-order valence-corrected chi connectivity index (χ3v) is 1.91. The zero-order valence-corrected chi connectivity index (χ0v) is 7.11. The molecule has 0 N–H and O–H groups in total. The summed E-state index contributed by atoms with van der Waals surface area (Å²) in [6.45, 7) is 2.00. The minimum Gasteiger partial charge on any atom is -0.261 e. The van der Waals surface area contributed by atoms with Crippen molar-refractivity contribution >= 4 is 11.8 Å². The Kier molecular flexibility index (Phi) is 2.75. The third kappa shape index (κ3) is 2.03. The molecule has 0 bridgehead atoms. The Morgan fingerprint density at radius 3 is 2.80 bits per heavy atom. The second-order valence-electron chi connectivity index (χ2n) is 2.24. The van der Waals surface area contributed by atoms with Crippen LogP contribution in [0.25, 0.3) is 0 Å². The smallest absolute Gasteiger partial charge is 0.0372 e. The minimum atomic E-state index is 1.06. The van der Waals surface area contributed by atoms with Crippen molar-refractivity contribution in [3.05, 3.63) is 29.6 Å². The molecule has 0 aromatic carbocycles. The van der Waals surface area contributed by atoms with Gasteiger partial charge in [0.2, 0.25) is 0 Å². The molecule has 2 heteroatoms. The maximum Gasteiger partial charge on any atom is 0.0372 e. The molecule has 0 spiro atoms. The maximum absolute atomic E-state index is 4.18. The van der Waals surface area contributed by atoms with Crippen LogP contribution in [-0.4, -0.2) is 11.2 Å². The van der Waals surface area contributed by atoms with Crippen molar-refractivity contribution < 1.29 is 0 Å². The molecule has 0 atom stereocenters. The van der Waals surface area contributed by atoms with E-state index >= 15 is 0 Å². The van der Waals surface area contributed by atoms with Crippen LogP contribution in [0.2, 0.25) is 0 Å². The van der Waals surface area contributed by atoms with Crippen LogP contribution in [0.1, 0.15) is 11.3 Å². The molecule has 1 aromatic heterocycles. The molecular weight excluding hydrogens is 142 g/mol. The van der Waals surface area contributed by atoms with Gasteiger partial charge in [0.1, 0.15) is 0 Å². The molecule has 1 rings (SSSR count). The summed E-state index contributed by atoms with van der Waals surface area (Å²) in [5, 5.41) is 0. The van der Waals surface area contributed by atoms with Gasteiger partial charge in [-0.05, 0) is 24.8 Å². The maximum atomic E-state index is 4.18. The summed E-state index contributed by atoms with van der Waals surface area (Å²) in [6, 6.07) is 4.17. The van der Waals surface area contributed by atoms with Gasteiger partial charge in [0.05, 0.1) is 0 Å². The highest BCUT2D eigenvalue weighted by Crippen LogP contribution is 2.07. The highest BCUT2D eigenvalue weighted by atomic mass is 32.2. The first-order valence-corrected chi connectivity index (χ1v) is 4.63. The van der Waals surface area contributed by atoms with Gasteiger partial charge in [-0.25, -0.2) is 0 Å². The van der Waals surface area contributed by atoms with Crippen molar-refractivity contribution in [2.75, 3.05) is 6.26 Å². The molecule has 0 amide bonds. The van der Waals surface area contributed by atoms with E-state index in [0.29, 0.717) is 0 Å². The number of hydrogen-bond donors (Lipinski definition) is 0. The van der Waals surface area contributed by atoms with Crippen molar-refractivity contribution in [1.29, 1.82) is 0 Å². The van der Waals surface area contributed by atoms with E-state index in [2.05, 4.69) is 17.3 Å². The topological polar surface area (TPSA) is 12.9 Å². The summed E-state index contributed by atoms with van der Waals surface area (Å²) in [7, 11) is 0. The fourth-order valence-corrected chi connectivity index (χ4v) is 1.25. The SMILES string of the molecule is CSCc1ccc(C)nc1. The van der Waals surface area contributed by atoms with Crippen LogP contribution in [0, 0.1) is 6.92 Å². The Bertz CT molecular complexity index is 193. The molecule has 1 aromatic rings. The summed E-state index contributed by atoms with van der Waals surface area (Å²) in [6.07, 6.45) is 4.03. The van der Waals surface area contributed by atoms with Crippen LogP contribution >= 0.6 is 11.8 Å². The second kappa shape index (κ2) is 3.62. The lowest BCUT2D eigenvalue weighted by Gasteiger charge is -1.96. The minimum absolute atomic E-state index is 1.06. The lowest BCUT2D eigenvalue weighted by atomic mass is 10.3. The molecule has 1 heterocycles. The lowest BCUT2D eigenvalue weighted by molar-refractivity contribution is 1.16. The van der Waals surface area contributed by atoms with Gasteiger partial charge in [0, 0.05) is 17.6 Å². The molecular formula is C8H11NS. The van der Waals surface area contributed by atoms with Crippen molar-refractivity contribution in [3.63, 3.8) is 0 Å². The molecule has 0 aliphatic rings. The summed E-state index contributed by atoms with van der Waals surface area (Å²) in [5.41, 5.74) is 2.39. The van der Waals surface area contributed by atoms with Crippen LogP contribution < -0.4 is 0 Å². The molecule has 0 unspecified atom stereocenters. The van der Waals surface area contributed by atoms with Gasteiger partial charge in [0.25, 0.3) is 0 Å². The molecule has 0 saturated carbocycles. The number of aryl methyl sites for hydroxylation is 1. The van der Waals surface area contributed by atoms with Crippen LogP contribution in [0.3, 0.4) is 0 Å². The lowest BCUT2D eigenvalue weighted by Crippen LogP contribution is -1.83. The highest BCUT2D eigenvalue weighted by Gasteiger charge is 1.89. The Balaban J connectivity index is 2.69. The highest BCUT2D eigenvalue weighted by molar-refractivity contribution is 7.97. The van der Waals surface area contributed by atoms with Crippen LogP contribution in [0.15, 0.2) is 18.3 Å². The summed E-state index contributed by atoms with van der Waals surface area (Å²) in [4.78, 5) is 4.18. The van der Waals surface area contributed by atoms with Crippen LogP contribution in [0.4, 0.5) is 0 Å². The first-order valence-electron chi connectivity index (χ1n) is 3.23. The van der Waals surface area contributed by atoms with E-state index in [0.717, 1.165) is 11.4 Å². The van der Waals surface area contributed by atoms with Gasteiger partial charge in [-0.15, -0.1) is 0 Å². The van der Waals surface area contributed by atoms with E-state index in [-0.39, 0.29) is 0 Å². The average Bonchev–Trinajstić information content (AvgIpc) is 1.95. The Morgan fingerprint density at radius 1 is 1.50 bits per heavy atom. The molecule has 54 valence electrons. The third-order valence-electron chi connectivity index (χ3n) is 1.28. The Hall–Kier alpha value is -0.500. The molecule has 0 saturated heterocycles. The van der Waals surface area contributed by atoms with Gasteiger partial charge < -0.3 is 0 Å². The van der Waals surface area contributed by atoms with Crippen molar-refractivity contribution in [1.82, 2.24) is 4.98 Å². The molecule has 0 fully saturated rings. The van der Waals surface area contributed by atoms with E-state index in [1.807, 2.05) is 30.9 Å². The summed E-state index contributed by atoms with van der Waals surface area (Å²) < 4.78 is 0. The molecule has 10 heavy (non-hydrogen) atoms. The van der Waals surface area contributed by atoms with Gasteiger partial charge in [-0.1, -0.05) is 6.07 Å². The van der Waals surface area contributed by atoms with Gasteiger partial charge in [-0.3, -0.25) is 4.98 Å². The van der Waals surface area contributed by atoms with Gasteiger partial charge in [-0.2, -0.15) is 11.8 Å². The van der Waals surface area contributed by atoms with Crippen molar-refractivity contribution in [3.8, 4) is 0 Å². The Morgan fingerprint density at radius 2 is 2.30 bits per heavy atom. The molecule has 0 aliphatic carbocycles. The fourth-order valence-electron chi connectivity index (χ4n) is 0.750. The number of rotatable bonds is 2. The first-order chi connectivity index (χ1) is 4.83. The van der Waals surface area contributed by atoms with Crippen LogP contribution in [-0.2, 0) is 5.75 Å². The number of thioether (sulfide) groups is 1. The number of nitrogens with zero attached hydrogens (tertiary/aromatic N) is 1. The quantitative estimate of drug-likeness (QED) is 0.646. The first kappa shape index (κ1) is 7.61. The average molecular weight is 153 g/mol. The van der Waals surface area contributed by atoms with Crippen LogP contribution in [0.5, 0.6) is 0 Å². The normalized spacial score (nSPS) is 9.80. The summed E-state index contributed by atoms with van der Waals surface area (Å²) in [5.74, 6) is 1.06. The predicted molar refractivity (Wildman–Crippen MR) is 46.2 cm³/mol. The zero-order valence-electron chi connectivity index (χ0n) is 6.29.